The van der Waals surface area contributed by atoms with E-state index >= 15 is 0 Å². The number of hydrogen-bond donors (Lipinski definition) is 1. The lowest BCUT2D eigenvalue weighted by Crippen LogP contribution is -2.29. The molecule has 0 spiro atoms. The summed E-state index contributed by atoms with van der Waals surface area (Å²) in [6.45, 7) is 9.72. The van der Waals surface area contributed by atoms with Crippen molar-refractivity contribution in [3.05, 3.63) is 11.9 Å². The van der Waals surface area contributed by atoms with E-state index in [0.29, 0.717) is 17.9 Å². The number of aromatic nitrogens is 2. The van der Waals surface area contributed by atoms with E-state index in [2.05, 4.69) is 43.0 Å². The van der Waals surface area contributed by atoms with Crippen molar-refractivity contribution in [3.8, 4) is 5.88 Å². The average molecular weight is 291 g/mol. The number of nitrogens with one attached hydrogen (secondary N) is 1. The summed E-state index contributed by atoms with van der Waals surface area (Å²) in [5.41, 5.74) is 1.11. The highest BCUT2D eigenvalue weighted by Crippen LogP contribution is 2.34. The Morgan fingerprint density at radius 3 is 2.71 bits per heavy atom. The average Bonchev–Trinajstić information content (AvgIpc) is 2.47. The van der Waals surface area contributed by atoms with Gasteiger partial charge in [-0.1, -0.05) is 34.1 Å². The molecule has 1 aromatic heterocycles. The van der Waals surface area contributed by atoms with Gasteiger partial charge in [-0.15, -0.1) is 0 Å². The van der Waals surface area contributed by atoms with Crippen molar-refractivity contribution in [2.45, 2.75) is 71.8 Å². The van der Waals surface area contributed by atoms with Crippen LogP contribution in [-0.4, -0.2) is 22.6 Å². The van der Waals surface area contributed by atoms with Crippen LogP contribution in [0.2, 0.25) is 0 Å². The molecule has 1 N–H and O–H groups in total. The Kier molecular flexibility index (Phi) is 5.83. The molecule has 118 valence electrons. The summed E-state index contributed by atoms with van der Waals surface area (Å²) >= 11 is 0. The Labute approximate surface area is 128 Å². The van der Waals surface area contributed by atoms with Gasteiger partial charge in [0.25, 0.3) is 0 Å². The van der Waals surface area contributed by atoms with E-state index in [1.165, 1.54) is 19.3 Å². The number of rotatable bonds is 6. The van der Waals surface area contributed by atoms with Crippen LogP contribution in [0.3, 0.4) is 0 Å². The maximum Gasteiger partial charge on any atom is 0.222 e. The van der Waals surface area contributed by atoms with Gasteiger partial charge in [-0.2, -0.15) is 0 Å². The van der Waals surface area contributed by atoms with Crippen LogP contribution >= 0.6 is 0 Å². The number of ether oxygens (including phenoxy) is 1. The lowest BCUT2D eigenvalue weighted by Gasteiger charge is -2.30. The normalized spacial score (nSPS) is 22.3. The molecule has 0 aromatic carbocycles. The fraction of sp³-hybridized carbons (Fsp3) is 0.765. The van der Waals surface area contributed by atoms with Crippen molar-refractivity contribution in [2.24, 2.45) is 5.92 Å². The summed E-state index contributed by atoms with van der Waals surface area (Å²) in [6.07, 6.45) is 7.98. The van der Waals surface area contributed by atoms with Gasteiger partial charge >= 0.3 is 0 Å². The molecule has 21 heavy (non-hydrogen) atoms. The molecular weight excluding hydrogens is 262 g/mol. The summed E-state index contributed by atoms with van der Waals surface area (Å²) in [4.78, 5) is 8.83. The first kappa shape index (κ1) is 16.1. The van der Waals surface area contributed by atoms with Gasteiger partial charge < -0.3 is 10.1 Å². The highest BCUT2D eigenvalue weighted by Gasteiger charge is 2.25. The van der Waals surface area contributed by atoms with Crippen LogP contribution < -0.4 is 10.1 Å². The first-order valence-corrected chi connectivity index (χ1v) is 8.38. The summed E-state index contributed by atoms with van der Waals surface area (Å²) in [5.74, 6) is 2.66. The molecule has 0 bridgehead atoms. The maximum absolute atomic E-state index is 6.29. The topological polar surface area (TPSA) is 47.0 Å². The second-order valence-electron chi connectivity index (χ2n) is 6.44. The fourth-order valence-electron chi connectivity index (χ4n) is 2.98. The van der Waals surface area contributed by atoms with Gasteiger partial charge in [-0.05, 0) is 37.5 Å². The van der Waals surface area contributed by atoms with Crippen LogP contribution in [-0.2, 0) is 0 Å². The van der Waals surface area contributed by atoms with Crippen LogP contribution in [0.25, 0.3) is 0 Å². The van der Waals surface area contributed by atoms with Gasteiger partial charge in [-0.25, -0.2) is 9.97 Å². The molecular formula is C17H29N3O. The molecule has 1 aliphatic rings. The molecule has 1 aliphatic carbocycles. The molecule has 0 radical (unpaired) electrons. The molecule has 4 heteroatoms. The summed E-state index contributed by atoms with van der Waals surface area (Å²) < 4.78 is 6.29. The van der Waals surface area contributed by atoms with Gasteiger partial charge in [-0.3, -0.25) is 0 Å². The third-order valence-electron chi connectivity index (χ3n) is 4.26. The van der Waals surface area contributed by atoms with Crippen LogP contribution in [0.4, 0.5) is 5.82 Å². The molecule has 0 amide bonds. The minimum absolute atomic E-state index is 0.296. The zero-order valence-corrected chi connectivity index (χ0v) is 13.9. The lowest BCUT2D eigenvalue weighted by atomic mass is 9.88. The van der Waals surface area contributed by atoms with Crippen molar-refractivity contribution < 1.29 is 4.74 Å². The maximum atomic E-state index is 6.29. The monoisotopic (exact) mass is 291 g/mol. The van der Waals surface area contributed by atoms with E-state index in [-0.39, 0.29) is 0 Å². The van der Waals surface area contributed by atoms with E-state index in [0.717, 1.165) is 36.6 Å². The Morgan fingerprint density at radius 1 is 1.29 bits per heavy atom. The highest BCUT2D eigenvalue weighted by molar-refractivity contribution is 5.50. The van der Waals surface area contributed by atoms with E-state index in [1.54, 1.807) is 6.33 Å². The van der Waals surface area contributed by atoms with Crippen molar-refractivity contribution in [1.82, 2.24) is 9.97 Å². The summed E-state index contributed by atoms with van der Waals surface area (Å²) in [6, 6.07) is 0. The molecule has 1 saturated carbocycles. The zero-order valence-electron chi connectivity index (χ0n) is 13.9. The van der Waals surface area contributed by atoms with Crippen LogP contribution in [0.1, 0.15) is 71.3 Å². The standard InChI is InChI=1S/C17H29N3O/c1-5-10-18-16-15(12(2)3)17(20-11-19-16)21-14-9-7-6-8-13(14)4/h11-14H,5-10H2,1-4H3,(H,18,19,20). The predicted octanol–water partition coefficient (Wildman–Crippen LogP) is 4.38. The van der Waals surface area contributed by atoms with E-state index < -0.39 is 0 Å². The third-order valence-corrected chi connectivity index (χ3v) is 4.26. The first-order chi connectivity index (χ1) is 10.1. The Balaban J connectivity index is 2.21. The van der Waals surface area contributed by atoms with Crippen molar-refractivity contribution in [1.29, 1.82) is 0 Å². The minimum Gasteiger partial charge on any atom is -0.474 e. The molecule has 0 aliphatic heterocycles. The van der Waals surface area contributed by atoms with E-state index in [9.17, 15) is 0 Å². The molecule has 1 aromatic rings. The van der Waals surface area contributed by atoms with Gasteiger partial charge in [0.15, 0.2) is 0 Å². The van der Waals surface area contributed by atoms with Gasteiger partial charge in [0.05, 0.1) is 5.56 Å². The van der Waals surface area contributed by atoms with Crippen LogP contribution in [0.5, 0.6) is 5.88 Å². The molecule has 4 nitrogen and oxygen atoms in total. The lowest BCUT2D eigenvalue weighted by molar-refractivity contribution is 0.0960. The molecule has 2 atom stereocenters. The van der Waals surface area contributed by atoms with Crippen molar-refractivity contribution >= 4 is 5.82 Å². The second kappa shape index (κ2) is 7.62. The number of anilines is 1. The van der Waals surface area contributed by atoms with Crippen molar-refractivity contribution in [3.63, 3.8) is 0 Å². The Bertz CT molecular complexity index is 448. The predicted molar refractivity (Wildman–Crippen MR) is 86.9 cm³/mol. The SMILES string of the molecule is CCCNc1ncnc(OC2CCCCC2C)c1C(C)C. The number of hydrogen-bond acceptors (Lipinski definition) is 4. The molecule has 1 fully saturated rings. The van der Waals surface area contributed by atoms with E-state index in [4.69, 9.17) is 4.74 Å². The molecule has 1 heterocycles. The first-order valence-electron chi connectivity index (χ1n) is 8.38. The highest BCUT2D eigenvalue weighted by atomic mass is 16.5. The second-order valence-corrected chi connectivity index (χ2v) is 6.44. The Hall–Kier alpha value is -1.32. The fourth-order valence-corrected chi connectivity index (χ4v) is 2.98. The largest absolute Gasteiger partial charge is 0.474 e. The van der Waals surface area contributed by atoms with Gasteiger partial charge in [0.2, 0.25) is 5.88 Å². The van der Waals surface area contributed by atoms with E-state index in [1.807, 2.05) is 0 Å². The smallest absolute Gasteiger partial charge is 0.222 e. The zero-order chi connectivity index (χ0) is 15.2. The molecule has 0 saturated heterocycles. The van der Waals surface area contributed by atoms with Gasteiger partial charge in [0.1, 0.15) is 18.2 Å². The summed E-state index contributed by atoms with van der Waals surface area (Å²) in [5, 5.41) is 3.40. The molecule has 2 unspecified atom stereocenters. The van der Waals surface area contributed by atoms with Crippen molar-refractivity contribution in [2.75, 3.05) is 11.9 Å². The van der Waals surface area contributed by atoms with Crippen LogP contribution in [0, 0.1) is 5.92 Å². The quantitative estimate of drug-likeness (QED) is 0.845. The number of nitrogens with zero attached hydrogens (tertiary/aromatic N) is 2. The molecule has 2 rings (SSSR count). The van der Waals surface area contributed by atoms with Gasteiger partial charge in [0, 0.05) is 6.54 Å². The third kappa shape index (κ3) is 4.08. The minimum atomic E-state index is 0.296. The Morgan fingerprint density at radius 2 is 2.05 bits per heavy atom. The summed E-state index contributed by atoms with van der Waals surface area (Å²) in [7, 11) is 0. The van der Waals surface area contributed by atoms with Crippen LogP contribution in [0.15, 0.2) is 6.33 Å².